The third-order valence-electron chi connectivity index (χ3n) is 8.58. The summed E-state index contributed by atoms with van der Waals surface area (Å²) in [6.45, 7) is 4.70. The number of carbonyl (C=O) groups excluding carboxylic acids is 1. The average molecular weight is 383 g/mol. The van der Waals surface area contributed by atoms with E-state index in [1.54, 1.807) is 11.3 Å². The van der Waals surface area contributed by atoms with Crippen LogP contribution in [-0.4, -0.2) is 17.0 Å². The molecule has 2 nitrogen and oxygen atoms in total. The van der Waals surface area contributed by atoms with Gasteiger partial charge in [0.05, 0.1) is 6.10 Å². The minimum atomic E-state index is -0.167. The smallest absolute Gasteiger partial charge is 0.165 e. The third kappa shape index (κ3) is 2.57. The first-order valence-corrected chi connectivity index (χ1v) is 11.5. The highest BCUT2D eigenvalue weighted by Gasteiger charge is 2.59. The number of rotatable bonds is 1. The van der Waals surface area contributed by atoms with Gasteiger partial charge in [-0.25, -0.2) is 0 Å². The predicted octanol–water partition coefficient (Wildman–Crippen LogP) is 5.63. The van der Waals surface area contributed by atoms with Gasteiger partial charge < -0.3 is 5.11 Å². The summed E-state index contributed by atoms with van der Waals surface area (Å²) in [6, 6.07) is 4.18. The van der Waals surface area contributed by atoms with Crippen LogP contribution < -0.4 is 0 Å². The molecule has 0 amide bonds. The van der Waals surface area contributed by atoms with Crippen molar-refractivity contribution >= 4 is 23.2 Å². The highest BCUT2D eigenvalue weighted by Crippen LogP contribution is 2.64. The summed E-state index contributed by atoms with van der Waals surface area (Å²) in [4.78, 5) is 14.6. The predicted molar refractivity (Wildman–Crippen MR) is 110 cm³/mol. The summed E-state index contributed by atoms with van der Waals surface area (Å²) in [6.07, 6.45) is 11.6. The minimum absolute atomic E-state index is 0.150. The fourth-order valence-electron chi connectivity index (χ4n) is 6.99. The Bertz CT molecular complexity index is 819. The van der Waals surface area contributed by atoms with Crippen LogP contribution in [0.4, 0.5) is 0 Å². The number of hydrogen-bond donors (Lipinski definition) is 1. The van der Waals surface area contributed by atoms with Crippen molar-refractivity contribution in [3.8, 4) is 0 Å². The van der Waals surface area contributed by atoms with Crippen LogP contribution in [0.3, 0.4) is 0 Å². The highest BCUT2D eigenvalue weighted by molar-refractivity contribution is 7.10. The molecule has 5 rings (SSSR count). The lowest BCUT2D eigenvalue weighted by Crippen LogP contribution is -2.50. The minimum Gasteiger partial charge on any atom is -0.393 e. The van der Waals surface area contributed by atoms with Crippen molar-refractivity contribution in [2.45, 2.75) is 64.9 Å². The molecule has 3 fully saturated rings. The molecule has 0 saturated heterocycles. The molecule has 0 bridgehead atoms. The van der Waals surface area contributed by atoms with Crippen molar-refractivity contribution in [3.63, 3.8) is 0 Å². The highest BCUT2D eigenvalue weighted by atomic mass is 32.1. The molecule has 0 aromatic carbocycles. The van der Waals surface area contributed by atoms with Crippen molar-refractivity contribution < 1.29 is 9.90 Å². The van der Waals surface area contributed by atoms with Gasteiger partial charge in [0.15, 0.2) is 5.78 Å². The number of carbonyl (C=O) groups is 1. The van der Waals surface area contributed by atoms with Crippen LogP contribution in [0.25, 0.3) is 6.08 Å². The second kappa shape index (κ2) is 6.15. The molecule has 1 heterocycles. The van der Waals surface area contributed by atoms with Gasteiger partial charge in [0, 0.05) is 10.3 Å². The van der Waals surface area contributed by atoms with Gasteiger partial charge in [0.2, 0.25) is 0 Å². The van der Waals surface area contributed by atoms with Crippen molar-refractivity contribution in [1.29, 1.82) is 0 Å². The monoisotopic (exact) mass is 382 g/mol. The van der Waals surface area contributed by atoms with Crippen molar-refractivity contribution in [1.82, 2.24) is 0 Å². The second-order valence-corrected chi connectivity index (χ2v) is 10.8. The van der Waals surface area contributed by atoms with Crippen LogP contribution in [0.15, 0.2) is 34.7 Å². The zero-order chi connectivity index (χ0) is 18.8. The molecule has 0 unspecified atom stereocenters. The fourth-order valence-corrected chi connectivity index (χ4v) is 7.67. The Morgan fingerprint density at radius 1 is 1.15 bits per heavy atom. The zero-order valence-corrected chi connectivity index (χ0v) is 17.2. The largest absolute Gasteiger partial charge is 0.393 e. The Kier molecular flexibility index (Phi) is 4.07. The van der Waals surface area contributed by atoms with Crippen LogP contribution in [-0.2, 0) is 4.79 Å². The van der Waals surface area contributed by atoms with Crippen molar-refractivity contribution in [2.75, 3.05) is 0 Å². The van der Waals surface area contributed by atoms with E-state index in [9.17, 15) is 9.90 Å². The summed E-state index contributed by atoms with van der Waals surface area (Å²) < 4.78 is 0. The first-order chi connectivity index (χ1) is 12.9. The van der Waals surface area contributed by atoms with Crippen LogP contribution in [0.2, 0.25) is 0 Å². The average Bonchev–Trinajstić information content (AvgIpc) is 3.24. The molecule has 144 valence electrons. The van der Waals surface area contributed by atoms with Crippen LogP contribution >= 0.6 is 11.3 Å². The maximum absolute atomic E-state index is 13.4. The van der Waals surface area contributed by atoms with E-state index < -0.39 is 0 Å². The molecule has 6 atom stereocenters. The molecule has 0 spiro atoms. The maximum Gasteiger partial charge on any atom is 0.165 e. The van der Waals surface area contributed by atoms with Gasteiger partial charge in [-0.2, -0.15) is 0 Å². The lowest BCUT2D eigenvalue weighted by molar-refractivity contribution is -0.130. The second-order valence-electron chi connectivity index (χ2n) is 9.83. The van der Waals surface area contributed by atoms with E-state index >= 15 is 0 Å². The van der Waals surface area contributed by atoms with Gasteiger partial charge in [-0.05, 0) is 91.2 Å². The number of allylic oxidation sites excluding steroid dienone is 2. The number of aliphatic hydroxyl groups excluding tert-OH is 1. The van der Waals surface area contributed by atoms with Crippen molar-refractivity contribution in [3.05, 3.63) is 39.6 Å². The van der Waals surface area contributed by atoms with Gasteiger partial charge in [-0.15, -0.1) is 11.3 Å². The first kappa shape index (κ1) is 17.9. The van der Waals surface area contributed by atoms with E-state index in [1.165, 1.54) is 16.9 Å². The fraction of sp³-hybridized carbons (Fsp3) is 0.625. The SMILES string of the molecule is C[C@@]12CC[C@H]3[C@@H](CC=C4C[C@@H](O)CC[C@@]43C)[C@H]1C/C(=C\c1cccs1)C2=O. The third-order valence-corrected chi connectivity index (χ3v) is 9.40. The Balaban J connectivity index is 1.49. The summed E-state index contributed by atoms with van der Waals surface area (Å²) in [5, 5.41) is 12.2. The number of ketones is 1. The Hall–Kier alpha value is -1.19. The molecule has 3 heteroatoms. The Morgan fingerprint density at radius 3 is 2.74 bits per heavy atom. The topological polar surface area (TPSA) is 37.3 Å². The lowest BCUT2D eigenvalue weighted by atomic mass is 9.48. The molecule has 1 N–H and O–H groups in total. The van der Waals surface area contributed by atoms with E-state index in [1.807, 2.05) is 0 Å². The molecule has 1 aromatic rings. The van der Waals surface area contributed by atoms with Gasteiger partial charge in [0.1, 0.15) is 0 Å². The normalized spacial score (nSPS) is 45.2. The molecule has 3 saturated carbocycles. The summed E-state index contributed by atoms with van der Waals surface area (Å²) in [7, 11) is 0. The van der Waals surface area contributed by atoms with Crippen molar-refractivity contribution in [2.24, 2.45) is 28.6 Å². The molecule has 27 heavy (non-hydrogen) atoms. The van der Waals surface area contributed by atoms with Gasteiger partial charge in [-0.3, -0.25) is 4.79 Å². The van der Waals surface area contributed by atoms with Crippen LogP contribution in [0.1, 0.15) is 63.7 Å². The molecule has 0 radical (unpaired) electrons. The van der Waals surface area contributed by atoms with Gasteiger partial charge in [0.25, 0.3) is 0 Å². The zero-order valence-electron chi connectivity index (χ0n) is 16.4. The molecular formula is C24H30O2S. The summed E-state index contributed by atoms with van der Waals surface area (Å²) in [5.74, 6) is 2.19. The molecular weight excluding hydrogens is 352 g/mol. The number of Topliss-reactive ketones (excluding diaryl/α,β-unsaturated/α-hetero) is 1. The summed E-state index contributed by atoms with van der Waals surface area (Å²) >= 11 is 1.72. The molecule has 0 aliphatic heterocycles. The number of fused-ring (bicyclic) bond motifs is 5. The van der Waals surface area contributed by atoms with E-state index in [2.05, 4.69) is 43.5 Å². The number of hydrogen-bond acceptors (Lipinski definition) is 3. The molecule has 4 aliphatic carbocycles. The standard InChI is InChI=1S/C24H30O2S/c1-23-9-7-17(25)14-16(23)5-6-19-20(23)8-10-24(2)21(19)13-15(22(24)26)12-18-4-3-11-27-18/h3-5,11-12,17,19-21,25H,6-10,13-14H2,1-2H3/b15-12+/t17-,19+,20-,21+,23-,24+/m0/s1. The maximum atomic E-state index is 13.4. The van der Waals surface area contributed by atoms with Gasteiger partial charge in [-0.1, -0.05) is 31.6 Å². The Labute approximate surface area is 166 Å². The van der Waals surface area contributed by atoms with E-state index in [0.29, 0.717) is 23.5 Å². The lowest BCUT2D eigenvalue weighted by Gasteiger charge is -2.56. The first-order valence-electron chi connectivity index (χ1n) is 10.6. The van der Waals surface area contributed by atoms with Crippen LogP contribution in [0, 0.1) is 28.6 Å². The molecule has 4 aliphatic rings. The van der Waals surface area contributed by atoms with Gasteiger partial charge >= 0.3 is 0 Å². The Morgan fingerprint density at radius 2 is 1.96 bits per heavy atom. The molecule has 1 aromatic heterocycles. The van der Waals surface area contributed by atoms with E-state index in [-0.39, 0.29) is 16.9 Å². The number of thiophene rings is 1. The van der Waals surface area contributed by atoms with E-state index in [4.69, 9.17) is 0 Å². The van der Waals surface area contributed by atoms with Crippen LogP contribution in [0.5, 0.6) is 0 Å². The quantitative estimate of drug-likeness (QED) is 0.504. The van der Waals surface area contributed by atoms with E-state index in [0.717, 1.165) is 44.1 Å². The number of aliphatic hydroxyl groups is 1. The summed E-state index contributed by atoms with van der Waals surface area (Å²) in [5.41, 5.74) is 2.64.